The first kappa shape index (κ1) is 16.5. The Bertz CT molecular complexity index is 832. The van der Waals surface area contributed by atoms with Crippen LogP contribution in [0.1, 0.15) is 16.8 Å². The summed E-state index contributed by atoms with van der Waals surface area (Å²) in [5, 5.41) is 12.1. The fourth-order valence-electron chi connectivity index (χ4n) is 2.73. The van der Waals surface area contributed by atoms with Crippen LogP contribution in [0.3, 0.4) is 0 Å². The number of aromatic carboxylic acids is 1. The Morgan fingerprint density at radius 3 is 2.48 bits per heavy atom. The smallest absolute Gasteiger partial charge is 0.337 e. The van der Waals surface area contributed by atoms with Gasteiger partial charge in [-0.3, -0.25) is 9.59 Å². The van der Waals surface area contributed by atoms with Crippen molar-refractivity contribution in [3.63, 3.8) is 0 Å². The van der Waals surface area contributed by atoms with Crippen molar-refractivity contribution in [3.05, 3.63) is 54.1 Å². The van der Waals surface area contributed by atoms with Crippen LogP contribution in [0.15, 0.2) is 48.5 Å². The molecule has 1 aliphatic rings. The van der Waals surface area contributed by atoms with E-state index in [1.54, 1.807) is 42.5 Å². The normalized spacial score (nSPS) is 16.8. The zero-order valence-electron chi connectivity index (χ0n) is 13.4. The average molecular weight is 340 g/mol. The molecule has 2 aromatic carbocycles. The van der Waals surface area contributed by atoms with Crippen LogP contribution in [-0.4, -0.2) is 36.0 Å². The Labute approximate surface area is 143 Å². The van der Waals surface area contributed by atoms with Crippen LogP contribution in [0.5, 0.6) is 5.75 Å². The zero-order valence-corrected chi connectivity index (χ0v) is 13.4. The number of carbonyl (C=O) groups is 3. The van der Waals surface area contributed by atoms with Crippen LogP contribution in [0, 0.1) is 0 Å². The number of methoxy groups -OCH3 is 1. The first-order valence-electron chi connectivity index (χ1n) is 7.61. The van der Waals surface area contributed by atoms with E-state index in [0.717, 1.165) is 4.90 Å². The molecule has 2 N–H and O–H groups in total. The highest BCUT2D eigenvalue weighted by Gasteiger charge is 2.39. The zero-order chi connectivity index (χ0) is 18.0. The molecular weight excluding hydrogens is 324 g/mol. The molecule has 7 heteroatoms. The van der Waals surface area contributed by atoms with Crippen molar-refractivity contribution in [1.29, 1.82) is 0 Å². The highest BCUT2D eigenvalue weighted by atomic mass is 16.5. The lowest BCUT2D eigenvalue weighted by molar-refractivity contribution is -0.121. The van der Waals surface area contributed by atoms with E-state index < -0.39 is 17.9 Å². The maximum absolute atomic E-state index is 12.6. The first-order valence-corrected chi connectivity index (χ1v) is 7.61. The molecule has 0 bridgehead atoms. The van der Waals surface area contributed by atoms with Gasteiger partial charge in [0.15, 0.2) is 0 Å². The van der Waals surface area contributed by atoms with Gasteiger partial charge in [0, 0.05) is 5.69 Å². The van der Waals surface area contributed by atoms with E-state index in [1.807, 2.05) is 0 Å². The quantitative estimate of drug-likeness (QED) is 0.810. The summed E-state index contributed by atoms with van der Waals surface area (Å²) in [6.07, 6.45) is -0.0428. The number of nitrogens with one attached hydrogen (secondary N) is 1. The van der Waals surface area contributed by atoms with E-state index >= 15 is 0 Å². The average Bonchev–Trinajstić information content (AvgIpc) is 2.89. The molecule has 7 nitrogen and oxygen atoms in total. The number of carboxylic acid groups (broad SMARTS) is 1. The van der Waals surface area contributed by atoms with Gasteiger partial charge in [-0.05, 0) is 36.4 Å². The van der Waals surface area contributed by atoms with Gasteiger partial charge in [0.25, 0.3) is 5.91 Å². The van der Waals surface area contributed by atoms with Crippen LogP contribution in [0.25, 0.3) is 0 Å². The second-order valence-corrected chi connectivity index (χ2v) is 5.52. The fourth-order valence-corrected chi connectivity index (χ4v) is 2.73. The number of amides is 2. The molecular formula is C18H16N2O5. The monoisotopic (exact) mass is 340 g/mol. The largest absolute Gasteiger partial charge is 0.497 e. The van der Waals surface area contributed by atoms with E-state index in [4.69, 9.17) is 4.74 Å². The molecule has 25 heavy (non-hydrogen) atoms. The summed E-state index contributed by atoms with van der Waals surface area (Å²) in [6, 6.07) is 12.0. The number of anilines is 2. The minimum absolute atomic E-state index is 0.0428. The van der Waals surface area contributed by atoms with Crippen molar-refractivity contribution in [2.45, 2.75) is 12.5 Å². The summed E-state index contributed by atoms with van der Waals surface area (Å²) >= 11 is 0. The van der Waals surface area contributed by atoms with Gasteiger partial charge in [-0.1, -0.05) is 12.1 Å². The summed E-state index contributed by atoms with van der Waals surface area (Å²) in [4.78, 5) is 37.3. The number of hydrogen-bond donors (Lipinski definition) is 2. The van der Waals surface area contributed by atoms with E-state index in [1.165, 1.54) is 13.2 Å². The molecule has 2 aromatic rings. The van der Waals surface area contributed by atoms with Crippen molar-refractivity contribution in [3.8, 4) is 5.75 Å². The van der Waals surface area contributed by atoms with Crippen LogP contribution in [-0.2, 0) is 9.59 Å². The molecule has 0 radical (unpaired) electrons. The second kappa shape index (κ2) is 6.64. The Morgan fingerprint density at radius 1 is 1.16 bits per heavy atom. The van der Waals surface area contributed by atoms with Crippen molar-refractivity contribution >= 4 is 29.2 Å². The van der Waals surface area contributed by atoms with Gasteiger partial charge in [-0.25, -0.2) is 9.69 Å². The number of carbonyl (C=O) groups excluding carboxylic acids is 2. The number of imide groups is 1. The van der Waals surface area contributed by atoms with E-state index in [2.05, 4.69) is 5.32 Å². The molecule has 2 amide bonds. The Hall–Kier alpha value is -3.35. The van der Waals surface area contributed by atoms with Gasteiger partial charge >= 0.3 is 5.97 Å². The highest BCUT2D eigenvalue weighted by Crippen LogP contribution is 2.27. The van der Waals surface area contributed by atoms with Gasteiger partial charge in [-0.2, -0.15) is 0 Å². The van der Waals surface area contributed by atoms with Crippen molar-refractivity contribution < 1.29 is 24.2 Å². The van der Waals surface area contributed by atoms with Crippen LogP contribution < -0.4 is 15.0 Å². The summed E-state index contributed by atoms with van der Waals surface area (Å²) in [5.41, 5.74) is 0.801. The van der Waals surface area contributed by atoms with Crippen LogP contribution in [0.4, 0.5) is 11.4 Å². The summed E-state index contributed by atoms with van der Waals surface area (Å²) in [7, 11) is 1.53. The SMILES string of the molecule is COc1ccc(N2C(=O)CC(Nc3ccccc3C(=O)O)C2=O)cc1. The third kappa shape index (κ3) is 3.16. The summed E-state index contributed by atoms with van der Waals surface area (Å²) < 4.78 is 5.06. The lowest BCUT2D eigenvalue weighted by Crippen LogP contribution is -2.35. The molecule has 3 rings (SSSR count). The van der Waals surface area contributed by atoms with Gasteiger partial charge < -0.3 is 15.2 Å². The van der Waals surface area contributed by atoms with Crippen molar-refractivity contribution in [2.24, 2.45) is 0 Å². The van der Waals surface area contributed by atoms with E-state index in [0.29, 0.717) is 17.1 Å². The molecule has 0 aromatic heterocycles. The number of nitrogens with zero attached hydrogens (tertiary/aromatic N) is 1. The van der Waals surface area contributed by atoms with Crippen molar-refractivity contribution in [2.75, 3.05) is 17.3 Å². The Morgan fingerprint density at radius 2 is 1.84 bits per heavy atom. The predicted molar refractivity (Wildman–Crippen MR) is 90.9 cm³/mol. The van der Waals surface area contributed by atoms with E-state index in [-0.39, 0.29) is 17.9 Å². The molecule has 128 valence electrons. The van der Waals surface area contributed by atoms with Crippen LogP contribution in [0.2, 0.25) is 0 Å². The van der Waals surface area contributed by atoms with Gasteiger partial charge in [-0.15, -0.1) is 0 Å². The van der Waals surface area contributed by atoms with Gasteiger partial charge in [0.05, 0.1) is 24.8 Å². The summed E-state index contributed by atoms with van der Waals surface area (Å²) in [6.45, 7) is 0. The number of benzene rings is 2. The molecule has 1 atom stereocenters. The van der Waals surface area contributed by atoms with Crippen LogP contribution >= 0.6 is 0 Å². The molecule has 1 unspecified atom stereocenters. The lowest BCUT2D eigenvalue weighted by atomic mass is 10.1. The molecule has 1 aliphatic heterocycles. The lowest BCUT2D eigenvalue weighted by Gasteiger charge is -2.17. The topological polar surface area (TPSA) is 95.9 Å². The third-order valence-corrected chi connectivity index (χ3v) is 3.96. The summed E-state index contributed by atoms with van der Waals surface area (Å²) in [5.74, 6) is -1.25. The first-order chi connectivity index (χ1) is 12.0. The molecule has 1 heterocycles. The second-order valence-electron chi connectivity index (χ2n) is 5.52. The van der Waals surface area contributed by atoms with Gasteiger partial charge in [0.1, 0.15) is 11.8 Å². The maximum Gasteiger partial charge on any atom is 0.337 e. The standard InChI is InChI=1S/C18H16N2O5/c1-25-12-8-6-11(7-9-12)20-16(21)10-15(17(20)22)19-14-5-3-2-4-13(14)18(23)24/h2-9,15,19H,10H2,1H3,(H,23,24). The highest BCUT2D eigenvalue weighted by molar-refractivity contribution is 6.23. The predicted octanol–water partition coefficient (Wildman–Crippen LogP) is 2.14. The minimum atomic E-state index is -1.10. The number of ether oxygens (including phenoxy) is 1. The minimum Gasteiger partial charge on any atom is -0.497 e. The maximum atomic E-state index is 12.6. The third-order valence-electron chi connectivity index (χ3n) is 3.96. The molecule has 0 spiro atoms. The van der Waals surface area contributed by atoms with E-state index in [9.17, 15) is 19.5 Å². The molecule has 1 saturated heterocycles. The Balaban J connectivity index is 1.83. The van der Waals surface area contributed by atoms with Crippen molar-refractivity contribution in [1.82, 2.24) is 0 Å². The molecule has 0 aliphatic carbocycles. The molecule has 1 fully saturated rings. The fraction of sp³-hybridized carbons (Fsp3) is 0.167. The number of carboxylic acids is 1. The number of hydrogen-bond acceptors (Lipinski definition) is 5. The Kier molecular flexibility index (Phi) is 4.38. The van der Waals surface area contributed by atoms with Gasteiger partial charge in [0.2, 0.25) is 5.91 Å². The number of para-hydroxylation sites is 1. The number of rotatable bonds is 5. The molecule has 0 saturated carbocycles.